The van der Waals surface area contributed by atoms with Crippen LogP contribution in [-0.2, 0) is 0 Å². The van der Waals surface area contributed by atoms with E-state index in [4.69, 9.17) is 0 Å². The summed E-state index contributed by atoms with van der Waals surface area (Å²) >= 11 is 0. The summed E-state index contributed by atoms with van der Waals surface area (Å²) in [6.07, 6.45) is 0. The summed E-state index contributed by atoms with van der Waals surface area (Å²) < 4.78 is 2.41. The highest BCUT2D eigenvalue weighted by Gasteiger charge is 2.17. The third kappa shape index (κ3) is 3.50. The fourth-order valence-corrected chi connectivity index (χ4v) is 7.73. The molecule has 0 saturated heterocycles. The van der Waals surface area contributed by atoms with Crippen molar-refractivity contribution < 1.29 is 0 Å². The number of hydrogen-bond acceptors (Lipinski definition) is 0. The highest BCUT2D eigenvalue weighted by Crippen LogP contribution is 2.43. The van der Waals surface area contributed by atoms with Crippen molar-refractivity contribution in [3.63, 3.8) is 0 Å². The molecule has 10 rings (SSSR count). The summed E-state index contributed by atoms with van der Waals surface area (Å²) in [5, 5.41) is 15.4. The van der Waals surface area contributed by atoms with Crippen molar-refractivity contribution in [1.29, 1.82) is 0 Å². The Hall–Kier alpha value is -5.92. The molecule has 9 aromatic carbocycles. The molecule has 0 spiro atoms. The molecular formula is C44H27N. The van der Waals surface area contributed by atoms with Gasteiger partial charge in [-0.25, -0.2) is 0 Å². The van der Waals surface area contributed by atoms with E-state index in [0.29, 0.717) is 0 Å². The average Bonchev–Trinajstić information content (AvgIpc) is 3.44. The Labute approximate surface area is 260 Å². The van der Waals surface area contributed by atoms with Crippen LogP contribution in [0, 0.1) is 0 Å². The van der Waals surface area contributed by atoms with Crippen LogP contribution in [0.1, 0.15) is 0 Å². The lowest BCUT2D eigenvalue weighted by atomic mass is 9.89. The van der Waals surface area contributed by atoms with Crippen molar-refractivity contribution in [3.05, 3.63) is 164 Å². The SMILES string of the molecule is c1ccc(-n2c3ccccc3c3cc4c5ccc(-c6cc7ccccc7c7ccccc67)cc5c5ccccc5c4cc32)cc1. The molecule has 0 aliphatic rings. The first-order valence-corrected chi connectivity index (χ1v) is 15.6. The summed E-state index contributed by atoms with van der Waals surface area (Å²) in [7, 11) is 0. The van der Waals surface area contributed by atoms with Crippen molar-refractivity contribution >= 4 is 75.7 Å². The molecule has 1 heterocycles. The third-order valence-corrected chi connectivity index (χ3v) is 9.72. The van der Waals surface area contributed by atoms with Crippen molar-refractivity contribution in [2.75, 3.05) is 0 Å². The molecule has 0 unspecified atom stereocenters. The Morgan fingerprint density at radius 2 is 0.844 bits per heavy atom. The van der Waals surface area contributed by atoms with Crippen molar-refractivity contribution in [2.45, 2.75) is 0 Å². The quantitative estimate of drug-likeness (QED) is 0.183. The zero-order valence-corrected chi connectivity index (χ0v) is 24.5. The monoisotopic (exact) mass is 569 g/mol. The first-order valence-electron chi connectivity index (χ1n) is 15.6. The minimum atomic E-state index is 1.18. The number of para-hydroxylation sites is 2. The summed E-state index contributed by atoms with van der Waals surface area (Å²) in [6.45, 7) is 0. The molecule has 1 nitrogen and oxygen atoms in total. The average molecular weight is 570 g/mol. The molecule has 0 radical (unpaired) electrons. The summed E-state index contributed by atoms with van der Waals surface area (Å²) in [5.74, 6) is 0. The van der Waals surface area contributed by atoms with Gasteiger partial charge in [0.15, 0.2) is 0 Å². The van der Waals surface area contributed by atoms with Crippen LogP contribution in [-0.4, -0.2) is 4.57 Å². The molecule has 208 valence electrons. The second kappa shape index (κ2) is 9.29. The molecule has 1 heteroatoms. The van der Waals surface area contributed by atoms with E-state index in [9.17, 15) is 0 Å². The molecule has 1 aromatic heterocycles. The van der Waals surface area contributed by atoms with Gasteiger partial charge in [0, 0.05) is 16.5 Å². The molecular weight excluding hydrogens is 542 g/mol. The van der Waals surface area contributed by atoms with Gasteiger partial charge < -0.3 is 4.57 Å². The molecule has 0 saturated carbocycles. The van der Waals surface area contributed by atoms with E-state index in [2.05, 4.69) is 168 Å². The smallest absolute Gasteiger partial charge is 0.0547 e. The minimum Gasteiger partial charge on any atom is -0.309 e. The van der Waals surface area contributed by atoms with Crippen LogP contribution in [0.4, 0.5) is 0 Å². The Balaban J connectivity index is 1.32. The maximum atomic E-state index is 2.44. The first kappa shape index (κ1) is 24.5. The maximum absolute atomic E-state index is 2.44. The second-order valence-corrected chi connectivity index (χ2v) is 12.1. The van der Waals surface area contributed by atoms with Crippen LogP contribution in [0.15, 0.2) is 164 Å². The van der Waals surface area contributed by atoms with Crippen LogP contribution in [0.3, 0.4) is 0 Å². The number of aromatic nitrogens is 1. The second-order valence-electron chi connectivity index (χ2n) is 12.1. The van der Waals surface area contributed by atoms with Crippen LogP contribution >= 0.6 is 0 Å². The molecule has 0 N–H and O–H groups in total. The van der Waals surface area contributed by atoms with Gasteiger partial charge in [0.2, 0.25) is 0 Å². The normalized spacial score (nSPS) is 12.0. The van der Waals surface area contributed by atoms with Crippen LogP contribution in [0.5, 0.6) is 0 Å². The lowest BCUT2D eigenvalue weighted by Gasteiger charge is -2.15. The maximum Gasteiger partial charge on any atom is 0.0547 e. The molecule has 45 heavy (non-hydrogen) atoms. The van der Waals surface area contributed by atoms with E-state index in [1.165, 1.54) is 92.5 Å². The van der Waals surface area contributed by atoms with Crippen LogP contribution < -0.4 is 0 Å². The predicted molar refractivity (Wildman–Crippen MR) is 194 cm³/mol. The largest absolute Gasteiger partial charge is 0.309 e. The van der Waals surface area contributed by atoms with E-state index >= 15 is 0 Å². The van der Waals surface area contributed by atoms with E-state index in [1.54, 1.807) is 0 Å². The topological polar surface area (TPSA) is 4.93 Å². The summed E-state index contributed by atoms with van der Waals surface area (Å²) in [5.41, 5.74) is 6.17. The highest BCUT2D eigenvalue weighted by atomic mass is 15.0. The molecule has 0 amide bonds. The highest BCUT2D eigenvalue weighted by molar-refractivity contribution is 6.29. The number of nitrogens with zero attached hydrogens (tertiary/aromatic N) is 1. The van der Waals surface area contributed by atoms with Gasteiger partial charge in [-0.3, -0.25) is 0 Å². The van der Waals surface area contributed by atoms with E-state index in [0.717, 1.165) is 0 Å². The predicted octanol–water partition coefficient (Wildman–Crippen LogP) is 12.2. The summed E-state index contributed by atoms with van der Waals surface area (Å²) in [4.78, 5) is 0. The molecule has 10 aromatic rings. The minimum absolute atomic E-state index is 1.18. The van der Waals surface area contributed by atoms with Crippen molar-refractivity contribution in [1.82, 2.24) is 4.57 Å². The zero-order chi connectivity index (χ0) is 29.5. The Morgan fingerprint density at radius 1 is 0.289 bits per heavy atom. The molecule has 0 fully saturated rings. The van der Waals surface area contributed by atoms with Gasteiger partial charge in [0.1, 0.15) is 0 Å². The van der Waals surface area contributed by atoms with Gasteiger partial charge in [-0.05, 0) is 107 Å². The van der Waals surface area contributed by atoms with E-state index in [-0.39, 0.29) is 0 Å². The van der Waals surface area contributed by atoms with Gasteiger partial charge >= 0.3 is 0 Å². The van der Waals surface area contributed by atoms with E-state index in [1.807, 2.05) is 0 Å². The Bertz CT molecular complexity index is 2800. The zero-order valence-electron chi connectivity index (χ0n) is 24.5. The first-order chi connectivity index (χ1) is 22.3. The molecule has 0 aliphatic carbocycles. The standard InChI is InChI=1S/C44H27N/c1-2-13-30(14-3-1)45-43-21-11-10-20-37(43)42-26-40-36-23-22-29(25-39(36)34-18-8-9-19-35(34)41(40)27-44(42)45)38-24-28-12-4-5-15-31(28)32-16-6-7-17-33(32)38/h1-27H. The van der Waals surface area contributed by atoms with Gasteiger partial charge in [0.05, 0.1) is 11.0 Å². The number of rotatable bonds is 2. The third-order valence-electron chi connectivity index (χ3n) is 9.72. The molecule has 0 atom stereocenters. The Morgan fingerprint density at radius 3 is 1.62 bits per heavy atom. The lowest BCUT2D eigenvalue weighted by molar-refractivity contribution is 1.18. The van der Waals surface area contributed by atoms with E-state index < -0.39 is 0 Å². The van der Waals surface area contributed by atoms with Gasteiger partial charge in [-0.2, -0.15) is 0 Å². The molecule has 0 aliphatic heterocycles. The number of fused-ring (bicyclic) bond motifs is 12. The number of hydrogen-bond donors (Lipinski definition) is 0. The van der Waals surface area contributed by atoms with Crippen molar-refractivity contribution in [2.24, 2.45) is 0 Å². The lowest BCUT2D eigenvalue weighted by Crippen LogP contribution is -1.93. The van der Waals surface area contributed by atoms with Crippen molar-refractivity contribution in [3.8, 4) is 16.8 Å². The van der Waals surface area contributed by atoms with Gasteiger partial charge in [-0.1, -0.05) is 121 Å². The Kier molecular flexibility index (Phi) is 5.06. The van der Waals surface area contributed by atoms with Crippen LogP contribution in [0.2, 0.25) is 0 Å². The fraction of sp³-hybridized carbons (Fsp3) is 0. The molecule has 0 bridgehead atoms. The van der Waals surface area contributed by atoms with Gasteiger partial charge in [-0.15, -0.1) is 0 Å². The van der Waals surface area contributed by atoms with Crippen LogP contribution in [0.25, 0.3) is 92.5 Å². The fourth-order valence-electron chi connectivity index (χ4n) is 7.73. The summed E-state index contributed by atoms with van der Waals surface area (Å²) in [6, 6.07) is 60.3. The van der Waals surface area contributed by atoms with Gasteiger partial charge in [0.25, 0.3) is 0 Å². The number of benzene rings is 9.